The van der Waals surface area contributed by atoms with Crippen LogP contribution in [0, 0.1) is 6.92 Å². The second kappa shape index (κ2) is 5.86. The third-order valence-corrected chi connectivity index (χ3v) is 4.43. The van der Waals surface area contributed by atoms with Crippen LogP contribution < -0.4 is 4.74 Å². The van der Waals surface area contributed by atoms with E-state index in [1.165, 1.54) is 12.7 Å². The number of hydrogen-bond acceptors (Lipinski definition) is 7. The number of hydrogen-bond donors (Lipinski definition) is 0. The highest BCUT2D eigenvalue weighted by atomic mass is 16.7. The van der Waals surface area contributed by atoms with Gasteiger partial charge in [0.15, 0.2) is 11.6 Å². The predicted octanol–water partition coefficient (Wildman–Crippen LogP) is 1.43. The molecular weight excluding hydrogens is 298 g/mol. The molecule has 0 radical (unpaired) electrons. The van der Waals surface area contributed by atoms with Crippen molar-refractivity contribution in [2.24, 2.45) is 0 Å². The number of rotatable bonds is 3. The number of aromatic nitrogens is 5. The fourth-order valence-electron chi connectivity index (χ4n) is 3.19. The maximum atomic E-state index is 6.10. The van der Waals surface area contributed by atoms with Crippen LogP contribution in [-0.4, -0.2) is 49.8 Å². The Morgan fingerprint density at radius 1 is 1.17 bits per heavy atom. The third kappa shape index (κ3) is 2.79. The van der Waals surface area contributed by atoms with Crippen molar-refractivity contribution in [2.75, 3.05) is 13.2 Å². The highest BCUT2D eigenvalue weighted by Gasteiger charge is 2.41. The molecule has 2 aliphatic rings. The van der Waals surface area contributed by atoms with Crippen LogP contribution in [0.5, 0.6) is 5.88 Å². The Morgan fingerprint density at radius 2 is 1.96 bits per heavy atom. The zero-order chi connectivity index (χ0) is 15.7. The van der Waals surface area contributed by atoms with Gasteiger partial charge in [-0.1, -0.05) is 0 Å². The minimum Gasteiger partial charge on any atom is -0.474 e. The van der Waals surface area contributed by atoms with Gasteiger partial charge in [0.1, 0.15) is 25.1 Å². The van der Waals surface area contributed by atoms with E-state index in [0.29, 0.717) is 24.9 Å². The molecule has 2 fully saturated rings. The van der Waals surface area contributed by atoms with E-state index < -0.39 is 0 Å². The second-order valence-corrected chi connectivity index (χ2v) is 5.89. The molecule has 8 nitrogen and oxygen atoms in total. The Hall–Kier alpha value is -2.06. The van der Waals surface area contributed by atoms with Crippen LogP contribution in [0.1, 0.15) is 31.2 Å². The molecule has 3 heterocycles. The molecule has 1 saturated heterocycles. The third-order valence-electron chi connectivity index (χ3n) is 4.43. The quantitative estimate of drug-likeness (QED) is 0.846. The molecule has 2 aromatic heterocycles. The first-order chi connectivity index (χ1) is 11.3. The normalized spacial score (nSPS) is 20.9. The van der Waals surface area contributed by atoms with E-state index in [1.807, 2.05) is 6.92 Å². The molecule has 2 aromatic rings. The Balaban J connectivity index is 1.46. The van der Waals surface area contributed by atoms with Gasteiger partial charge in [0.25, 0.3) is 0 Å². The number of ether oxygens (including phenoxy) is 3. The monoisotopic (exact) mass is 317 g/mol. The van der Waals surface area contributed by atoms with Gasteiger partial charge in [0.2, 0.25) is 5.88 Å². The van der Waals surface area contributed by atoms with Crippen LogP contribution in [0.4, 0.5) is 0 Å². The van der Waals surface area contributed by atoms with Crippen molar-refractivity contribution in [3.8, 4) is 11.7 Å². The molecule has 1 aliphatic carbocycles. The molecule has 1 spiro atoms. The first-order valence-electron chi connectivity index (χ1n) is 7.87. The summed E-state index contributed by atoms with van der Waals surface area (Å²) in [5.41, 5.74) is 0.853. The van der Waals surface area contributed by atoms with Gasteiger partial charge in [-0.2, -0.15) is 5.10 Å². The van der Waals surface area contributed by atoms with Gasteiger partial charge in [-0.05, 0) is 19.8 Å². The SMILES string of the molecule is Cc1c(OC2CCC3(CC2)OCCO3)ncnc1-n1cncn1. The lowest BCUT2D eigenvalue weighted by molar-refractivity contribution is -0.186. The van der Waals surface area contributed by atoms with Crippen LogP contribution in [0.25, 0.3) is 5.82 Å². The Kier molecular flexibility index (Phi) is 3.70. The first kappa shape index (κ1) is 14.5. The molecule has 0 unspecified atom stereocenters. The first-order valence-corrected chi connectivity index (χ1v) is 7.87. The van der Waals surface area contributed by atoms with E-state index in [4.69, 9.17) is 14.2 Å². The van der Waals surface area contributed by atoms with Crippen LogP contribution in [0.2, 0.25) is 0 Å². The summed E-state index contributed by atoms with van der Waals surface area (Å²) in [7, 11) is 0. The molecule has 0 bridgehead atoms. The molecule has 0 N–H and O–H groups in total. The highest BCUT2D eigenvalue weighted by molar-refractivity contribution is 5.37. The maximum absolute atomic E-state index is 6.10. The summed E-state index contributed by atoms with van der Waals surface area (Å²) in [6.45, 7) is 3.31. The van der Waals surface area contributed by atoms with E-state index in [2.05, 4.69) is 20.1 Å². The van der Waals surface area contributed by atoms with Crippen molar-refractivity contribution in [1.82, 2.24) is 24.7 Å². The van der Waals surface area contributed by atoms with Gasteiger partial charge in [0, 0.05) is 12.8 Å². The fraction of sp³-hybridized carbons (Fsp3) is 0.600. The van der Waals surface area contributed by atoms with Crippen molar-refractivity contribution < 1.29 is 14.2 Å². The average molecular weight is 317 g/mol. The van der Waals surface area contributed by atoms with Crippen LogP contribution in [0.15, 0.2) is 19.0 Å². The minimum atomic E-state index is -0.369. The summed E-state index contributed by atoms with van der Waals surface area (Å²) < 4.78 is 19.2. The Morgan fingerprint density at radius 3 is 2.65 bits per heavy atom. The molecule has 23 heavy (non-hydrogen) atoms. The Bertz CT molecular complexity index is 660. The Labute approximate surface area is 133 Å². The van der Waals surface area contributed by atoms with Crippen LogP contribution in [0.3, 0.4) is 0 Å². The standard InChI is InChI=1S/C15H19N5O3/c1-11-13(20-10-16-8-19-20)17-9-18-14(11)23-12-2-4-15(5-3-12)21-6-7-22-15/h8-10,12H,2-7H2,1H3. The van der Waals surface area contributed by atoms with Gasteiger partial charge < -0.3 is 14.2 Å². The van der Waals surface area contributed by atoms with Gasteiger partial charge in [-0.3, -0.25) is 0 Å². The predicted molar refractivity (Wildman–Crippen MR) is 79.2 cm³/mol. The van der Waals surface area contributed by atoms with Crippen LogP contribution in [-0.2, 0) is 9.47 Å². The van der Waals surface area contributed by atoms with E-state index in [1.54, 1.807) is 11.0 Å². The molecule has 1 saturated carbocycles. The van der Waals surface area contributed by atoms with Crippen molar-refractivity contribution in [3.63, 3.8) is 0 Å². The topological polar surface area (TPSA) is 84.2 Å². The zero-order valence-electron chi connectivity index (χ0n) is 13.0. The molecule has 1 aliphatic heterocycles. The van der Waals surface area contributed by atoms with E-state index in [-0.39, 0.29) is 11.9 Å². The van der Waals surface area contributed by atoms with Gasteiger partial charge >= 0.3 is 0 Å². The highest BCUT2D eigenvalue weighted by Crippen LogP contribution is 2.37. The molecule has 4 rings (SSSR count). The maximum Gasteiger partial charge on any atom is 0.221 e. The molecule has 0 atom stereocenters. The van der Waals surface area contributed by atoms with Gasteiger partial charge in [0.05, 0.1) is 18.8 Å². The van der Waals surface area contributed by atoms with Crippen molar-refractivity contribution in [2.45, 2.75) is 44.5 Å². The van der Waals surface area contributed by atoms with E-state index in [9.17, 15) is 0 Å². The zero-order valence-corrected chi connectivity index (χ0v) is 13.0. The molecule has 122 valence electrons. The smallest absolute Gasteiger partial charge is 0.221 e. The molecule has 0 amide bonds. The van der Waals surface area contributed by atoms with Gasteiger partial charge in [-0.15, -0.1) is 0 Å². The molecular formula is C15H19N5O3. The minimum absolute atomic E-state index is 0.116. The lowest BCUT2D eigenvalue weighted by atomic mass is 9.92. The van der Waals surface area contributed by atoms with E-state index >= 15 is 0 Å². The second-order valence-electron chi connectivity index (χ2n) is 5.89. The lowest BCUT2D eigenvalue weighted by Gasteiger charge is -2.35. The van der Waals surface area contributed by atoms with Crippen molar-refractivity contribution >= 4 is 0 Å². The van der Waals surface area contributed by atoms with Gasteiger partial charge in [-0.25, -0.2) is 19.6 Å². The van der Waals surface area contributed by atoms with E-state index in [0.717, 1.165) is 31.2 Å². The van der Waals surface area contributed by atoms with Crippen molar-refractivity contribution in [3.05, 3.63) is 24.5 Å². The number of nitrogens with zero attached hydrogens (tertiary/aromatic N) is 5. The summed E-state index contributed by atoms with van der Waals surface area (Å²) in [5, 5.41) is 4.11. The lowest BCUT2D eigenvalue weighted by Crippen LogP contribution is -2.38. The summed E-state index contributed by atoms with van der Waals surface area (Å²) in [4.78, 5) is 12.5. The summed E-state index contributed by atoms with van der Waals surface area (Å²) in [6, 6.07) is 0. The largest absolute Gasteiger partial charge is 0.474 e. The van der Waals surface area contributed by atoms with Crippen LogP contribution >= 0.6 is 0 Å². The summed E-state index contributed by atoms with van der Waals surface area (Å²) in [5.74, 6) is 0.911. The summed E-state index contributed by atoms with van der Waals surface area (Å²) in [6.07, 6.45) is 8.19. The molecule has 8 heteroatoms. The average Bonchev–Trinajstić information content (AvgIpc) is 3.24. The molecule has 0 aromatic carbocycles. The van der Waals surface area contributed by atoms with Crippen molar-refractivity contribution in [1.29, 1.82) is 0 Å². The fourth-order valence-corrected chi connectivity index (χ4v) is 3.19. The summed E-state index contributed by atoms with van der Waals surface area (Å²) >= 11 is 0.